The Hall–Kier alpha value is -1.20. The fourth-order valence-corrected chi connectivity index (χ4v) is 3.19. The summed E-state index contributed by atoms with van der Waals surface area (Å²) >= 11 is 5.18. The predicted molar refractivity (Wildman–Crippen MR) is 88.4 cm³/mol. The lowest BCUT2D eigenvalue weighted by Gasteiger charge is -2.33. The van der Waals surface area contributed by atoms with Crippen LogP contribution in [0.3, 0.4) is 0 Å². The van der Waals surface area contributed by atoms with Crippen molar-refractivity contribution in [2.45, 2.75) is 39.7 Å². The molecule has 2 rings (SSSR count). The lowest BCUT2D eigenvalue weighted by Crippen LogP contribution is -2.42. The maximum absolute atomic E-state index is 5.87. The third kappa shape index (κ3) is 3.46. The number of hydrogen-bond donors (Lipinski definition) is 2. The standard InChI is InChI=1S/C15H24N4S/c1-4-19-7-5-6-12(9-19)18-13-8-10(2)17-11(3)14(13)15(16)20/h8,12H,4-7,9H2,1-3H3,(H2,16,20)(H,17,18). The van der Waals surface area contributed by atoms with Gasteiger partial charge in [0.25, 0.3) is 0 Å². The highest BCUT2D eigenvalue weighted by molar-refractivity contribution is 7.80. The van der Waals surface area contributed by atoms with Gasteiger partial charge in [-0.3, -0.25) is 4.98 Å². The lowest BCUT2D eigenvalue weighted by molar-refractivity contribution is 0.227. The molecule has 1 saturated heterocycles. The fourth-order valence-electron chi connectivity index (χ4n) is 2.93. The molecule has 0 radical (unpaired) electrons. The van der Waals surface area contributed by atoms with Crippen LogP contribution >= 0.6 is 12.2 Å². The van der Waals surface area contributed by atoms with E-state index in [2.05, 4.69) is 22.1 Å². The second-order valence-electron chi connectivity index (χ2n) is 5.51. The first-order valence-electron chi connectivity index (χ1n) is 7.28. The van der Waals surface area contributed by atoms with Gasteiger partial charge in [0.15, 0.2) is 0 Å². The van der Waals surface area contributed by atoms with E-state index in [9.17, 15) is 0 Å². The highest BCUT2D eigenvalue weighted by atomic mass is 32.1. The van der Waals surface area contributed by atoms with Crippen LogP contribution in [0.5, 0.6) is 0 Å². The molecule has 1 fully saturated rings. The molecule has 0 bridgehead atoms. The first kappa shape index (κ1) is 15.2. The van der Waals surface area contributed by atoms with Crippen LogP contribution in [0.2, 0.25) is 0 Å². The number of likely N-dealkylation sites (N-methyl/N-ethyl adjacent to an activating group) is 1. The van der Waals surface area contributed by atoms with Crippen LogP contribution in [-0.2, 0) is 0 Å². The number of anilines is 1. The molecule has 1 unspecified atom stereocenters. The Morgan fingerprint density at radius 2 is 2.30 bits per heavy atom. The highest BCUT2D eigenvalue weighted by Crippen LogP contribution is 2.23. The summed E-state index contributed by atoms with van der Waals surface area (Å²) < 4.78 is 0. The molecule has 1 aliphatic heterocycles. The van der Waals surface area contributed by atoms with Crippen LogP contribution in [0.15, 0.2) is 6.07 Å². The number of aryl methyl sites for hydroxylation is 2. The molecule has 0 spiro atoms. The maximum atomic E-state index is 5.87. The number of likely N-dealkylation sites (tertiary alicyclic amines) is 1. The fraction of sp³-hybridized carbons (Fsp3) is 0.600. The average molecular weight is 292 g/mol. The minimum Gasteiger partial charge on any atom is -0.389 e. The smallest absolute Gasteiger partial charge is 0.107 e. The topological polar surface area (TPSA) is 54.2 Å². The first-order chi connectivity index (χ1) is 9.51. The van der Waals surface area contributed by atoms with E-state index in [1.807, 2.05) is 19.9 Å². The van der Waals surface area contributed by atoms with Crippen LogP contribution in [0.25, 0.3) is 0 Å². The van der Waals surface area contributed by atoms with Gasteiger partial charge in [-0.15, -0.1) is 0 Å². The molecule has 1 aromatic rings. The second kappa shape index (κ2) is 6.50. The summed E-state index contributed by atoms with van der Waals surface area (Å²) in [5, 5.41) is 3.63. The van der Waals surface area contributed by atoms with Gasteiger partial charge in [-0.1, -0.05) is 19.1 Å². The number of nitrogens with zero attached hydrogens (tertiary/aromatic N) is 2. The lowest BCUT2D eigenvalue weighted by atomic mass is 10.0. The molecular formula is C15H24N4S. The number of nitrogens with one attached hydrogen (secondary N) is 1. The largest absolute Gasteiger partial charge is 0.389 e. The van der Waals surface area contributed by atoms with Crippen LogP contribution in [0.4, 0.5) is 5.69 Å². The van der Waals surface area contributed by atoms with Gasteiger partial charge < -0.3 is 16.0 Å². The van der Waals surface area contributed by atoms with E-state index in [1.54, 1.807) is 0 Å². The van der Waals surface area contributed by atoms with E-state index < -0.39 is 0 Å². The molecule has 0 aliphatic carbocycles. The quantitative estimate of drug-likeness (QED) is 0.834. The monoisotopic (exact) mass is 292 g/mol. The molecule has 0 saturated carbocycles. The summed E-state index contributed by atoms with van der Waals surface area (Å²) in [6, 6.07) is 2.50. The molecule has 2 heterocycles. The van der Waals surface area contributed by atoms with Crippen molar-refractivity contribution in [2.24, 2.45) is 5.73 Å². The first-order valence-corrected chi connectivity index (χ1v) is 7.69. The Bertz CT molecular complexity index is 501. The average Bonchev–Trinajstić information content (AvgIpc) is 2.37. The minimum atomic E-state index is 0.417. The van der Waals surface area contributed by atoms with Crippen molar-refractivity contribution in [1.29, 1.82) is 0 Å². The van der Waals surface area contributed by atoms with Crippen LogP contribution in [0.1, 0.15) is 36.7 Å². The number of pyridine rings is 1. The van der Waals surface area contributed by atoms with Gasteiger partial charge in [0.1, 0.15) is 4.99 Å². The Morgan fingerprint density at radius 1 is 1.55 bits per heavy atom. The van der Waals surface area contributed by atoms with Crippen LogP contribution in [-0.4, -0.2) is 40.5 Å². The van der Waals surface area contributed by atoms with Crippen molar-refractivity contribution in [1.82, 2.24) is 9.88 Å². The van der Waals surface area contributed by atoms with Crippen molar-refractivity contribution < 1.29 is 0 Å². The van der Waals surface area contributed by atoms with Crippen LogP contribution in [0, 0.1) is 13.8 Å². The molecule has 1 aliphatic rings. The minimum absolute atomic E-state index is 0.417. The summed E-state index contributed by atoms with van der Waals surface area (Å²) in [4.78, 5) is 7.35. The molecule has 4 nitrogen and oxygen atoms in total. The number of nitrogens with two attached hydrogens (primary N) is 1. The Balaban J connectivity index is 2.22. The van der Waals surface area contributed by atoms with Gasteiger partial charge >= 0.3 is 0 Å². The zero-order valence-corrected chi connectivity index (χ0v) is 13.4. The SMILES string of the molecule is CCN1CCCC(Nc2cc(C)nc(C)c2C(N)=S)C1. The van der Waals surface area contributed by atoms with E-state index in [-0.39, 0.29) is 0 Å². The third-order valence-corrected chi connectivity index (χ3v) is 4.09. The summed E-state index contributed by atoms with van der Waals surface area (Å²) in [5.41, 5.74) is 9.69. The molecule has 20 heavy (non-hydrogen) atoms. The van der Waals surface area contributed by atoms with Crippen molar-refractivity contribution in [3.8, 4) is 0 Å². The Morgan fingerprint density at radius 3 is 2.95 bits per heavy atom. The van der Waals surface area contributed by atoms with Crippen LogP contribution < -0.4 is 11.1 Å². The molecule has 0 aromatic carbocycles. The van der Waals surface area contributed by atoms with Gasteiger partial charge in [0.05, 0.1) is 5.56 Å². The molecule has 5 heteroatoms. The molecular weight excluding hydrogens is 268 g/mol. The Kier molecular flexibility index (Phi) is 4.94. The van der Waals surface area contributed by atoms with E-state index in [1.165, 1.54) is 19.4 Å². The summed E-state index contributed by atoms with van der Waals surface area (Å²) in [7, 11) is 0. The highest BCUT2D eigenvalue weighted by Gasteiger charge is 2.20. The van der Waals surface area contributed by atoms with Crippen molar-refractivity contribution in [2.75, 3.05) is 25.0 Å². The third-order valence-electron chi connectivity index (χ3n) is 3.89. The van der Waals surface area contributed by atoms with E-state index >= 15 is 0 Å². The molecule has 0 amide bonds. The summed E-state index contributed by atoms with van der Waals surface area (Å²) in [6.07, 6.45) is 2.42. The molecule has 1 aromatic heterocycles. The molecule has 1 atom stereocenters. The van der Waals surface area contributed by atoms with Crippen molar-refractivity contribution >= 4 is 22.9 Å². The number of rotatable bonds is 4. The van der Waals surface area contributed by atoms with Gasteiger partial charge in [-0.2, -0.15) is 0 Å². The molecule has 110 valence electrons. The zero-order valence-electron chi connectivity index (χ0n) is 12.6. The normalized spacial score (nSPS) is 19.9. The van der Waals surface area contributed by atoms with Gasteiger partial charge in [-0.05, 0) is 45.8 Å². The van der Waals surface area contributed by atoms with E-state index in [4.69, 9.17) is 18.0 Å². The predicted octanol–water partition coefficient (Wildman–Crippen LogP) is 2.23. The molecule has 3 N–H and O–H groups in total. The number of piperidine rings is 1. The van der Waals surface area contributed by atoms with E-state index in [0.29, 0.717) is 11.0 Å². The summed E-state index contributed by atoms with van der Waals surface area (Å²) in [5.74, 6) is 0. The van der Waals surface area contributed by atoms with Gasteiger partial charge in [0, 0.05) is 29.7 Å². The number of aromatic nitrogens is 1. The van der Waals surface area contributed by atoms with Crippen molar-refractivity contribution in [3.63, 3.8) is 0 Å². The Labute approximate surface area is 126 Å². The maximum Gasteiger partial charge on any atom is 0.107 e. The zero-order chi connectivity index (χ0) is 14.7. The number of hydrogen-bond acceptors (Lipinski definition) is 4. The van der Waals surface area contributed by atoms with Crippen molar-refractivity contribution in [3.05, 3.63) is 23.0 Å². The van der Waals surface area contributed by atoms with Gasteiger partial charge in [-0.25, -0.2) is 0 Å². The summed E-state index contributed by atoms with van der Waals surface area (Å²) in [6.45, 7) is 9.56. The second-order valence-corrected chi connectivity index (χ2v) is 5.95. The van der Waals surface area contributed by atoms with Gasteiger partial charge in [0.2, 0.25) is 0 Å². The number of thiocarbonyl (C=S) groups is 1. The van der Waals surface area contributed by atoms with E-state index in [0.717, 1.165) is 35.7 Å².